The van der Waals surface area contributed by atoms with Crippen molar-refractivity contribution >= 4 is 5.91 Å². The first kappa shape index (κ1) is 14.6. The zero-order valence-electron chi connectivity index (χ0n) is 10.7. The van der Waals surface area contributed by atoms with Crippen LogP contribution in [-0.2, 0) is 11.2 Å². The molecule has 100 valence electrons. The summed E-state index contributed by atoms with van der Waals surface area (Å²) < 4.78 is 26.0. The van der Waals surface area contributed by atoms with E-state index >= 15 is 0 Å². The molecule has 0 aliphatic rings. The van der Waals surface area contributed by atoms with Crippen LogP contribution in [0.1, 0.15) is 12.5 Å². The average molecular weight is 256 g/mol. The third kappa shape index (κ3) is 4.41. The fourth-order valence-electron chi connectivity index (χ4n) is 1.50. The van der Waals surface area contributed by atoms with Crippen molar-refractivity contribution in [2.75, 3.05) is 26.7 Å². The maximum Gasteiger partial charge on any atom is 0.236 e. The molecule has 0 radical (unpaired) electrons. The minimum absolute atomic E-state index is 0.0423. The van der Waals surface area contributed by atoms with Crippen molar-refractivity contribution in [2.24, 2.45) is 0 Å². The molecule has 0 aromatic heterocycles. The number of carbonyl (C=O) groups is 1. The number of benzene rings is 1. The van der Waals surface area contributed by atoms with E-state index in [0.29, 0.717) is 18.5 Å². The van der Waals surface area contributed by atoms with Gasteiger partial charge < -0.3 is 10.2 Å². The summed E-state index contributed by atoms with van der Waals surface area (Å²) in [5, 5.41) is 2.93. The Morgan fingerprint density at radius 1 is 1.39 bits per heavy atom. The van der Waals surface area contributed by atoms with Crippen LogP contribution in [0.25, 0.3) is 0 Å². The zero-order chi connectivity index (χ0) is 13.5. The van der Waals surface area contributed by atoms with Crippen molar-refractivity contribution in [1.29, 1.82) is 0 Å². The first-order valence-corrected chi connectivity index (χ1v) is 5.93. The van der Waals surface area contributed by atoms with Gasteiger partial charge in [-0.1, -0.05) is 13.0 Å². The fraction of sp³-hybridized carbons (Fsp3) is 0.462. The van der Waals surface area contributed by atoms with E-state index in [2.05, 4.69) is 5.32 Å². The molecule has 0 saturated heterocycles. The lowest BCUT2D eigenvalue weighted by Crippen LogP contribution is -2.36. The Morgan fingerprint density at radius 3 is 2.72 bits per heavy atom. The Bertz CT molecular complexity index is 410. The summed E-state index contributed by atoms with van der Waals surface area (Å²) in [7, 11) is 1.67. The van der Waals surface area contributed by atoms with Gasteiger partial charge in [0.15, 0.2) is 0 Å². The molecule has 0 bridgehead atoms. The standard InChI is InChI=1S/C13H18F2N2O/c1-3-16-9-13(18)17(2)7-6-10-4-5-11(14)8-12(10)15/h4-5,8,16H,3,6-7,9H2,1-2H3. The van der Waals surface area contributed by atoms with E-state index < -0.39 is 11.6 Å². The molecule has 0 heterocycles. The van der Waals surface area contributed by atoms with Gasteiger partial charge in [0.1, 0.15) is 11.6 Å². The monoisotopic (exact) mass is 256 g/mol. The number of amides is 1. The number of halogens is 2. The van der Waals surface area contributed by atoms with Gasteiger partial charge in [0, 0.05) is 19.7 Å². The fourth-order valence-corrected chi connectivity index (χ4v) is 1.50. The van der Waals surface area contributed by atoms with Crippen molar-refractivity contribution in [1.82, 2.24) is 10.2 Å². The highest BCUT2D eigenvalue weighted by molar-refractivity contribution is 5.77. The van der Waals surface area contributed by atoms with E-state index in [0.717, 1.165) is 12.6 Å². The maximum absolute atomic E-state index is 13.3. The number of nitrogens with zero attached hydrogens (tertiary/aromatic N) is 1. The van der Waals surface area contributed by atoms with Gasteiger partial charge in [-0.05, 0) is 24.6 Å². The molecule has 1 aromatic rings. The molecule has 1 amide bonds. The van der Waals surface area contributed by atoms with E-state index in [1.54, 1.807) is 7.05 Å². The van der Waals surface area contributed by atoms with Crippen LogP contribution in [0.15, 0.2) is 18.2 Å². The summed E-state index contributed by atoms with van der Waals surface area (Å²) in [5.41, 5.74) is 0.416. The summed E-state index contributed by atoms with van der Waals surface area (Å²) in [6.07, 6.45) is 0.375. The molecular formula is C13H18F2N2O. The lowest BCUT2D eigenvalue weighted by atomic mass is 10.1. The van der Waals surface area contributed by atoms with Crippen LogP contribution in [-0.4, -0.2) is 37.5 Å². The number of nitrogens with one attached hydrogen (secondary N) is 1. The van der Waals surface area contributed by atoms with Gasteiger partial charge in [-0.25, -0.2) is 8.78 Å². The minimum Gasteiger partial charge on any atom is -0.344 e. The molecule has 1 rings (SSSR count). The number of likely N-dealkylation sites (N-methyl/N-ethyl adjacent to an activating group) is 2. The van der Waals surface area contributed by atoms with Crippen molar-refractivity contribution < 1.29 is 13.6 Å². The Hall–Kier alpha value is -1.49. The van der Waals surface area contributed by atoms with E-state index in [1.807, 2.05) is 6.92 Å². The zero-order valence-corrected chi connectivity index (χ0v) is 10.7. The maximum atomic E-state index is 13.3. The smallest absolute Gasteiger partial charge is 0.236 e. The highest BCUT2D eigenvalue weighted by Crippen LogP contribution is 2.10. The molecule has 3 nitrogen and oxygen atoms in total. The van der Waals surface area contributed by atoms with Crippen LogP contribution in [0.4, 0.5) is 8.78 Å². The Labute approximate surface area is 106 Å². The van der Waals surface area contributed by atoms with Crippen LogP contribution in [0.5, 0.6) is 0 Å². The summed E-state index contributed by atoms with van der Waals surface area (Å²) in [4.78, 5) is 13.1. The van der Waals surface area contributed by atoms with Gasteiger partial charge >= 0.3 is 0 Å². The minimum atomic E-state index is -0.590. The Kier molecular flexibility index (Phi) is 5.71. The van der Waals surface area contributed by atoms with E-state index in [1.165, 1.54) is 17.0 Å². The first-order chi connectivity index (χ1) is 8.54. The molecule has 5 heteroatoms. The Morgan fingerprint density at radius 2 is 2.11 bits per heavy atom. The Balaban J connectivity index is 2.46. The van der Waals surface area contributed by atoms with Gasteiger partial charge in [0.25, 0.3) is 0 Å². The van der Waals surface area contributed by atoms with Gasteiger partial charge in [-0.2, -0.15) is 0 Å². The lowest BCUT2D eigenvalue weighted by Gasteiger charge is -2.17. The van der Waals surface area contributed by atoms with E-state index in [4.69, 9.17) is 0 Å². The average Bonchev–Trinajstić information content (AvgIpc) is 2.34. The quantitative estimate of drug-likeness (QED) is 0.838. The molecule has 0 fully saturated rings. The molecule has 0 aliphatic heterocycles. The predicted octanol–water partition coefficient (Wildman–Crippen LogP) is 1.58. The molecular weight excluding hydrogens is 238 g/mol. The number of carbonyl (C=O) groups excluding carboxylic acids is 1. The summed E-state index contributed by atoms with van der Waals surface area (Å²) in [6.45, 7) is 3.33. The number of hydrogen-bond donors (Lipinski definition) is 1. The summed E-state index contributed by atoms with van der Waals surface area (Å²) in [5.74, 6) is -1.20. The topological polar surface area (TPSA) is 32.3 Å². The first-order valence-electron chi connectivity index (χ1n) is 5.93. The van der Waals surface area contributed by atoms with Crippen LogP contribution in [0, 0.1) is 11.6 Å². The molecule has 0 spiro atoms. The highest BCUT2D eigenvalue weighted by atomic mass is 19.1. The van der Waals surface area contributed by atoms with Crippen LogP contribution >= 0.6 is 0 Å². The third-order valence-electron chi connectivity index (χ3n) is 2.68. The summed E-state index contributed by atoms with van der Waals surface area (Å²) >= 11 is 0. The number of hydrogen-bond acceptors (Lipinski definition) is 2. The second-order valence-corrected chi connectivity index (χ2v) is 4.08. The van der Waals surface area contributed by atoms with Crippen molar-refractivity contribution in [3.8, 4) is 0 Å². The highest BCUT2D eigenvalue weighted by Gasteiger charge is 2.09. The molecule has 0 atom stereocenters. The lowest BCUT2D eigenvalue weighted by molar-refractivity contribution is -0.128. The molecule has 0 saturated carbocycles. The molecule has 0 unspecified atom stereocenters. The van der Waals surface area contributed by atoms with Crippen molar-refractivity contribution in [3.05, 3.63) is 35.4 Å². The van der Waals surface area contributed by atoms with E-state index in [-0.39, 0.29) is 12.5 Å². The van der Waals surface area contributed by atoms with Crippen molar-refractivity contribution in [2.45, 2.75) is 13.3 Å². The number of rotatable bonds is 6. The SMILES string of the molecule is CCNCC(=O)N(C)CCc1ccc(F)cc1F. The molecule has 1 N–H and O–H groups in total. The largest absolute Gasteiger partial charge is 0.344 e. The van der Waals surface area contributed by atoms with Gasteiger partial charge in [0.2, 0.25) is 5.91 Å². The predicted molar refractivity (Wildman–Crippen MR) is 66.2 cm³/mol. The molecule has 1 aromatic carbocycles. The summed E-state index contributed by atoms with van der Waals surface area (Å²) in [6, 6.07) is 3.49. The molecule has 0 aliphatic carbocycles. The third-order valence-corrected chi connectivity index (χ3v) is 2.68. The van der Waals surface area contributed by atoms with Crippen molar-refractivity contribution in [3.63, 3.8) is 0 Å². The van der Waals surface area contributed by atoms with Gasteiger partial charge in [-0.3, -0.25) is 4.79 Å². The van der Waals surface area contributed by atoms with Crippen LogP contribution < -0.4 is 5.32 Å². The van der Waals surface area contributed by atoms with Crippen LogP contribution in [0.3, 0.4) is 0 Å². The second-order valence-electron chi connectivity index (χ2n) is 4.08. The van der Waals surface area contributed by atoms with E-state index in [9.17, 15) is 13.6 Å². The van der Waals surface area contributed by atoms with Gasteiger partial charge in [-0.15, -0.1) is 0 Å². The molecule has 18 heavy (non-hydrogen) atoms. The second kappa shape index (κ2) is 7.06. The van der Waals surface area contributed by atoms with Gasteiger partial charge in [0.05, 0.1) is 6.54 Å². The van der Waals surface area contributed by atoms with Crippen LogP contribution in [0.2, 0.25) is 0 Å². The normalized spacial score (nSPS) is 10.4.